The number of aromatic nitrogens is 6. The van der Waals surface area contributed by atoms with Gasteiger partial charge in [-0.1, -0.05) is 189 Å². The molecule has 0 aliphatic heterocycles. The first-order valence-corrected chi connectivity index (χ1v) is 27.6. The Morgan fingerprint density at radius 1 is 0.525 bits per heavy atom. The quantitative estimate of drug-likeness (QED) is 0.141. The minimum Gasteiger partial charge on any atom is -0.500 e. The predicted molar refractivity (Wildman–Crippen MR) is 328 cm³/mol. The van der Waals surface area contributed by atoms with E-state index < -0.39 is 0 Å². The molecule has 0 atom stereocenters. The summed E-state index contributed by atoms with van der Waals surface area (Å²) in [6.45, 7) is 28.4. The van der Waals surface area contributed by atoms with E-state index in [1.807, 2.05) is 30.5 Å². The Morgan fingerprint density at radius 2 is 1.15 bits per heavy atom. The molecule has 12 aromatic rings. The van der Waals surface area contributed by atoms with Crippen molar-refractivity contribution >= 4 is 43.7 Å². The van der Waals surface area contributed by atoms with Gasteiger partial charge in [-0.3, -0.25) is 4.98 Å². The monoisotopic (exact) mass is 1230 g/mol. The normalized spacial score (nSPS) is 11.9. The Kier molecular flexibility index (Phi) is 15.2. The van der Waals surface area contributed by atoms with Crippen molar-refractivity contribution in [1.29, 1.82) is 0 Å². The fourth-order valence-electron chi connectivity index (χ4n) is 10.9. The van der Waals surface area contributed by atoms with E-state index in [9.17, 15) is 0 Å². The van der Waals surface area contributed by atoms with Gasteiger partial charge in [0.05, 0.1) is 22.4 Å². The summed E-state index contributed by atoms with van der Waals surface area (Å²) in [5, 5.41) is 4.44. The molecule has 0 saturated heterocycles. The van der Waals surface area contributed by atoms with E-state index in [1.165, 1.54) is 39.1 Å². The van der Waals surface area contributed by atoms with Gasteiger partial charge < -0.3 is 14.0 Å². The second-order valence-electron chi connectivity index (χ2n) is 23.7. The molecule has 0 fully saturated rings. The predicted octanol–water partition coefficient (Wildman–Crippen LogP) is 19.0. The summed E-state index contributed by atoms with van der Waals surface area (Å²) < 4.78 is 8.97. The van der Waals surface area contributed by atoms with Crippen LogP contribution in [0.4, 0.5) is 0 Å². The second kappa shape index (κ2) is 22.0. The number of rotatable bonds is 8. The Bertz CT molecular complexity index is 4170. The number of aryl methyl sites for hydroxylation is 3. The van der Waals surface area contributed by atoms with Gasteiger partial charge in [-0.15, -0.1) is 54.1 Å². The van der Waals surface area contributed by atoms with Crippen LogP contribution in [-0.4, -0.2) is 29.5 Å². The number of benzene rings is 8. The third-order valence-corrected chi connectivity index (χ3v) is 15.0. The molecule has 1 radical (unpaired) electrons. The van der Waals surface area contributed by atoms with Crippen molar-refractivity contribution in [1.82, 2.24) is 29.5 Å². The van der Waals surface area contributed by atoms with Gasteiger partial charge in [0.2, 0.25) is 0 Å². The van der Waals surface area contributed by atoms with Crippen LogP contribution in [0.25, 0.3) is 106 Å². The van der Waals surface area contributed by atoms with E-state index in [1.54, 1.807) is 0 Å². The largest absolute Gasteiger partial charge is 0.500 e. The summed E-state index contributed by atoms with van der Waals surface area (Å²) >= 11 is 0. The number of imidazole rings is 1. The molecule has 0 N–H and O–H groups in total. The molecule has 8 aromatic carbocycles. The van der Waals surface area contributed by atoms with Crippen LogP contribution in [0.1, 0.15) is 121 Å². The van der Waals surface area contributed by atoms with Gasteiger partial charge in [-0.2, -0.15) is 0 Å². The number of para-hydroxylation sites is 3. The molecule has 8 heteroatoms. The molecule has 7 nitrogen and oxygen atoms in total. The van der Waals surface area contributed by atoms with Crippen molar-refractivity contribution in [2.75, 3.05) is 0 Å². The van der Waals surface area contributed by atoms with Crippen molar-refractivity contribution in [3.63, 3.8) is 0 Å². The summed E-state index contributed by atoms with van der Waals surface area (Å²) in [6.07, 6.45) is 1.97. The first kappa shape index (κ1) is 55.4. The van der Waals surface area contributed by atoms with Crippen LogP contribution in [0.3, 0.4) is 0 Å². The average molecular weight is 1230 g/mol. The number of pyridine rings is 1. The molecule has 0 aliphatic rings. The molecule has 4 aromatic heterocycles. The topological polar surface area (TPSA) is 82.5 Å². The zero-order chi connectivity index (χ0) is 55.5. The summed E-state index contributed by atoms with van der Waals surface area (Å²) in [6, 6.07) is 62.1. The third-order valence-electron chi connectivity index (χ3n) is 15.0. The van der Waals surface area contributed by atoms with E-state index in [2.05, 4.69) is 240 Å². The SMILES string of the molecule is CC(C)c1cccc(C(C)C)c1-n1c(-c2[c-]cccc2)nc2ccccc21.Cc1cnc(-c2[c-]ccc3c2oc2c4ccccc4ccc32)cc1-c1c(C)cc(-c2ccc(-c3nc(C(C)(C)C)nc(C(C)(C)C)n3)cc2)cc1C.[Ir]. The first-order valence-electron chi connectivity index (χ1n) is 27.6. The van der Waals surface area contributed by atoms with Crippen LogP contribution in [0.2, 0.25) is 0 Å². The van der Waals surface area contributed by atoms with Gasteiger partial charge in [-0.25, -0.2) is 15.0 Å². The van der Waals surface area contributed by atoms with Crippen molar-refractivity contribution in [3.8, 4) is 62.0 Å². The summed E-state index contributed by atoms with van der Waals surface area (Å²) in [5.74, 6) is 4.13. The molecule has 0 spiro atoms. The minimum atomic E-state index is -0.184. The van der Waals surface area contributed by atoms with Crippen molar-refractivity contribution in [3.05, 3.63) is 216 Å². The number of furan rings is 1. The van der Waals surface area contributed by atoms with Gasteiger partial charge in [-0.05, 0) is 106 Å². The van der Waals surface area contributed by atoms with E-state index in [0.29, 0.717) is 17.7 Å². The van der Waals surface area contributed by atoms with Crippen LogP contribution in [0.15, 0.2) is 168 Å². The molecule has 0 saturated carbocycles. The minimum absolute atomic E-state index is 0. The number of hydrogen-bond donors (Lipinski definition) is 0. The summed E-state index contributed by atoms with van der Waals surface area (Å²) in [5.41, 5.74) is 19.4. The average Bonchev–Trinajstić information content (AvgIpc) is 4.05. The fraction of sp³-hybridized carbons (Fsp3) is 0.236. The van der Waals surface area contributed by atoms with Gasteiger partial charge >= 0.3 is 0 Å². The van der Waals surface area contributed by atoms with Crippen LogP contribution >= 0.6 is 0 Å². The van der Waals surface area contributed by atoms with Gasteiger partial charge in [0.25, 0.3) is 0 Å². The number of hydrogen-bond acceptors (Lipinski definition) is 6. The Morgan fingerprint density at radius 3 is 1.80 bits per heavy atom. The van der Waals surface area contributed by atoms with Crippen molar-refractivity contribution in [2.24, 2.45) is 0 Å². The Labute approximate surface area is 485 Å². The molecule has 80 heavy (non-hydrogen) atoms. The molecule has 12 rings (SSSR count). The third kappa shape index (κ3) is 10.6. The van der Waals surface area contributed by atoms with Gasteiger partial charge in [0.15, 0.2) is 5.82 Å². The first-order chi connectivity index (χ1) is 37.8. The zero-order valence-corrected chi connectivity index (χ0v) is 50.6. The maximum atomic E-state index is 6.63. The van der Waals surface area contributed by atoms with Crippen molar-refractivity contribution in [2.45, 2.75) is 113 Å². The second-order valence-corrected chi connectivity index (χ2v) is 23.7. The Hall–Kier alpha value is -7.90. The molecular formula is C72H68IrN6O-2. The standard InChI is InChI=1S/C47H43N4O.C25H25N2.Ir/c1-27-23-33(30-17-19-32(20-18-30)43-49-44(46(4,5)6)51-45(50-43)47(7,8)9)24-28(2)40(27)38-25-39(48-26-29(38)3)37-16-12-15-35-36-22-21-31-13-10-11-14-34(31)41(36)52-42(35)37;1-17(2)20-13-10-14-21(18(3)4)24(20)27-23-16-9-8-15-22(23)26-25(27)19-11-6-5-7-12-19;/h10-15,17-26H,1-9H3;5-11,13-18H,1-4H3;/q2*-1;. The van der Waals surface area contributed by atoms with Crippen LogP contribution in [-0.2, 0) is 30.9 Å². The van der Waals surface area contributed by atoms with E-state index in [0.717, 1.165) is 100 Å². The molecule has 0 unspecified atom stereocenters. The maximum Gasteiger partial charge on any atom is 0.163 e. The van der Waals surface area contributed by atoms with E-state index in [-0.39, 0.29) is 30.9 Å². The zero-order valence-electron chi connectivity index (χ0n) is 48.2. The molecule has 4 heterocycles. The molecular weight excluding hydrogens is 1160 g/mol. The summed E-state index contributed by atoms with van der Waals surface area (Å²) in [7, 11) is 0. The molecule has 0 amide bonds. The van der Waals surface area contributed by atoms with Crippen LogP contribution in [0.5, 0.6) is 0 Å². The molecule has 0 aliphatic carbocycles. The summed E-state index contributed by atoms with van der Waals surface area (Å²) in [4.78, 5) is 24.6. The van der Waals surface area contributed by atoms with E-state index >= 15 is 0 Å². The van der Waals surface area contributed by atoms with Gasteiger partial charge in [0.1, 0.15) is 17.2 Å². The Balaban J connectivity index is 0.000000216. The smallest absolute Gasteiger partial charge is 0.163 e. The van der Waals surface area contributed by atoms with Crippen molar-refractivity contribution < 1.29 is 24.5 Å². The number of nitrogens with zero attached hydrogens (tertiary/aromatic N) is 6. The fourth-order valence-corrected chi connectivity index (χ4v) is 10.9. The van der Waals surface area contributed by atoms with E-state index in [4.69, 9.17) is 29.3 Å². The van der Waals surface area contributed by atoms with Crippen LogP contribution in [0, 0.1) is 32.9 Å². The van der Waals surface area contributed by atoms with Crippen LogP contribution < -0.4 is 0 Å². The molecule has 0 bridgehead atoms. The maximum absolute atomic E-state index is 6.63. The van der Waals surface area contributed by atoms with Gasteiger partial charge in [0, 0.05) is 59.2 Å². The molecule has 403 valence electrons. The number of fused-ring (bicyclic) bond motifs is 6.